The minimum Gasteiger partial charge on any atom is -0.480 e. The molecule has 12 N–H and O–H groups in total. The maximum absolute atomic E-state index is 13.5. The number of aliphatic hydroxyl groups is 1. The highest BCUT2D eigenvalue weighted by molar-refractivity contribution is 7.98. The quantitative estimate of drug-likeness (QED) is 0.0434. The van der Waals surface area contributed by atoms with Gasteiger partial charge in [-0.3, -0.25) is 38.4 Å². The minimum absolute atomic E-state index is 0.00553. The van der Waals surface area contributed by atoms with Gasteiger partial charge in [0.25, 0.3) is 0 Å². The van der Waals surface area contributed by atoms with Crippen LogP contribution in [0.3, 0.4) is 0 Å². The number of hydrogen-bond acceptors (Lipinski definition) is 12. The smallest absolute Gasteiger partial charge is 0.326 e. The Kier molecular flexibility index (Phi) is 27.7. The molecule has 0 aromatic rings. The number of thioether (sulfide) groups is 1. The molecular weight excluding hydrogens is 839 g/mol. The second kappa shape index (κ2) is 29.8. The van der Waals surface area contributed by atoms with Crippen molar-refractivity contribution in [3.8, 4) is 0 Å². The van der Waals surface area contributed by atoms with E-state index in [4.69, 9.17) is 5.73 Å². The molecule has 21 heteroatoms. The van der Waals surface area contributed by atoms with E-state index in [1.807, 2.05) is 34.0 Å². The molecule has 0 spiro atoms. The molecule has 9 atom stereocenters. The summed E-state index contributed by atoms with van der Waals surface area (Å²) in [5.41, 5.74) is 6.04. The number of aliphatic hydroxyl groups excluding tert-OH is 1. The maximum Gasteiger partial charge on any atom is 0.326 e. The first-order chi connectivity index (χ1) is 29.2. The Morgan fingerprint density at radius 3 is 1.40 bits per heavy atom. The van der Waals surface area contributed by atoms with E-state index in [0.29, 0.717) is 18.6 Å². The number of carbonyl (C=O) groups excluding carboxylic acids is 8. The van der Waals surface area contributed by atoms with Crippen LogP contribution in [0.5, 0.6) is 0 Å². The van der Waals surface area contributed by atoms with Gasteiger partial charge in [-0.05, 0) is 74.2 Å². The average Bonchev–Trinajstić information content (AvgIpc) is 3.18. The third-order valence-electron chi connectivity index (χ3n) is 9.96. The van der Waals surface area contributed by atoms with Gasteiger partial charge in [-0.1, -0.05) is 75.7 Å². The van der Waals surface area contributed by atoms with Crippen molar-refractivity contribution in [1.82, 2.24) is 42.5 Å². The zero-order chi connectivity index (χ0) is 48.7. The maximum atomic E-state index is 13.5. The van der Waals surface area contributed by atoms with E-state index in [2.05, 4.69) is 42.5 Å². The number of aliphatic carboxylic acids is 1. The van der Waals surface area contributed by atoms with Gasteiger partial charge in [0.05, 0.1) is 25.2 Å². The van der Waals surface area contributed by atoms with Crippen LogP contribution in [0.15, 0.2) is 0 Å². The van der Waals surface area contributed by atoms with Crippen LogP contribution in [0.4, 0.5) is 0 Å². The second-order valence-electron chi connectivity index (χ2n) is 17.7. The van der Waals surface area contributed by atoms with E-state index in [1.54, 1.807) is 41.5 Å². The summed E-state index contributed by atoms with van der Waals surface area (Å²) in [6.07, 6.45) is 1.79. The van der Waals surface area contributed by atoms with Crippen LogP contribution >= 0.6 is 11.8 Å². The molecule has 0 heterocycles. The Morgan fingerprint density at radius 2 is 0.968 bits per heavy atom. The molecule has 0 aliphatic carbocycles. The summed E-state index contributed by atoms with van der Waals surface area (Å²) in [4.78, 5) is 117. The Hall–Kier alpha value is -4.50. The van der Waals surface area contributed by atoms with Crippen LogP contribution in [0, 0.1) is 29.6 Å². The van der Waals surface area contributed by atoms with Crippen molar-refractivity contribution in [1.29, 1.82) is 0 Å². The van der Waals surface area contributed by atoms with Crippen molar-refractivity contribution in [3.05, 3.63) is 0 Å². The normalized spacial score (nSPS) is 15.7. The fourth-order valence-corrected chi connectivity index (χ4v) is 6.70. The molecule has 20 nitrogen and oxygen atoms in total. The number of carbonyl (C=O) groups is 9. The van der Waals surface area contributed by atoms with E-state index in [0.717, 1.165) is 0 Å². The van der Waals surface area contributed by atoms with Crippen LogP contribution in [-0.4, -0.2) is 137 Å². The van der Waals surface area contributed by atoms with E-state index < -0.39 is 127 Å². The average molecular weight is 916 g/mol. The highest BCUT2D eigenvalue weighted by Gasteiger charge is 2.34. The van der Waals surface area contributed by atoms with Gasteiger partial charge in [-0.25, -0.2) is 4.79 Å². The molecule has 0 aromatic heterocycles. The number of nitrogens with one attached hydrogen (secondary N) is 8. The van der Waals surface area contributed by atoms with E-state index in [1.165, 1.54) is 18.7 Å². The summed E-state index contributed by atoms with van der Waals surface area (Å²) in [5.74, 6) is -7.37. The van der Waals surface area contributed by atoms with Crippen LogP contribution < -0.4 is 48.3 Å². The topological polar surface area (TPSA) is 316 Å². The van der Waals surface area contributed by atoms with Crippen LogP contribution in [-0.2, 0) is 43.2 Å². The summed E-state index contributed by atoms with van der Waals surface area (Å²) >= 11 is 1.43. The van der Waals surface area contributed by atoms with Crippen molar-refractivity contribution < 1.29 is 53.4 Å². The molecule has 0 fully saturated rings. The lowest BCUT2D eigenvalue weighted by molar-refractivity contribution is -0.143. The highest BCUT2D eigenvalue weighted by atomic mass is 32.2. The first-order valence-electron chi connectivity index (χ1n) is 21.8. The lowest BCUT2D eigenvalue weighted by Crippen LogP contribution is -2.59. The van der Waals surface area contributed by atoms with E-state index >= 15 is 0 Å². The first-order valence-corrected chi connectivity index (χ1v) is 23.2. The highest BCUT2D eigenvalue weighted by Crippen LogP contribution is 2.12. The van der Waals surface area contributed by atoms with E-state index in [9.17, 15) is 53.4 Å². The standard InChI is InChI=1S/C42H77N9O11S/c1-13-25(10)34(40(59)51-33(24(8)9)42(61)62)49-31(53)19-45-38(57)29(17-22(4)5)48-41(60)35(26(11)52)50-32(54)20-44-37(56)28(14-15-63-12)46-39(58)30(18-23(6)7)47-36(55)27(43)16-21(2)3/h21-30,33-35,52H,13-20,43H2,1-12H3,(H,44,56)(H,45,57)(H,46,58)(H,47,55)(H,48,60)(H,49,53)(H,50,54)(H,51,59)(H,61,62)/t25-,26+,27-,28-,29-,30-,33-,34-,35-/m0/s1. The molecule has 63 heavy (non-hydrogen) atoms. The van der Waals surface area contributed by atoms with Gasteiger partial charge >= 0.3 is 5.97 Å². The minimum atomic E-state index is -1.58. The molecule has 0 aromatic carbocycles. The zero-order valence-corrected chi connectivity index (χ0v) is 40.0. The summed E-state index contributed by atoms with van der Waals surface area (Å²) in [6.45, 7) is 17.9. The monoisotopic (exact) mass is 916 g/mol. The Bertz CT molecular complexity index is 1530. The third kappa shape index (κ3) is 23.1. The van der Waals surface area contributed by atoms with Crippen molar-refractivity contribution in [2.24, 2.45) is 35.3 Å². The number of rotatable bonds is 30. The molecule has 0 saturated carbocycles. The molecule has 8 amide bonds. The molecule has 0 saturated heterocycles. The molecular formula is C42H77N9O11S. The van der Waals surface area contributed by atoms with Gasteiger partial charge in [-0.2, -0.15) is 11.8 Å². The molecule has 0 unspecified atom stereocenters. The lowest BCUT2D eigenvalue weighted by atomic mass is 9.96. The predicted octanol–water partition coefficient (Wildman–Crippen LogP) is -0.486. The fraction of sp³-hybridized carbons (Fsp3) is 0.786. The SMILES string of the molecule is CC[C@H](C)[C@H](NC(=O)CNC(=O)[C@H](CC(C)C)NC(=O)[C@@H](NC(=O)CNC(=O)[C@H](CCSC)NC(=O)[C@H](CC(C)C)NC(=O)[C@@H](N)CC(C)C)[C@@H](C)O)C(=O)N[C@H](C(=O)O)C(C)C. The van der Waals surface area contributed by atoms with Gasteiger partial charge in [0.1, 0.15) is 36.3 Å². The molecule has 0 bridgehead atoms. The summed E-state index contributed by atoms with van der Waals surface area (Å²) in [5, 5.41) is 40.2. The van der Waals surface area contributed by atoms with Crippen LogP contribution in [0.2, 0.25) is 0 Å². The fourth-order valence-electron chi connectivity index (χ4n) is 6.23. The second-order valence-corrected chi connectivity index (χ2v) is 18.7. The third-order valence-corrected chi connectivity index (χ3v) is 10.6. The molecule has 0 aliphatic heterocycles. The van der Waals surface area contributed by atoms with Crippen LogP contribution in [0.25, 0.3) is 0 Å². The van der Waals surface area contributed by atoms with Gasteiger partial charge in [0.15, 0.2) is 0 Å². The van der Waals surface area contributed by atoms with E-state index in [-0.39, 0.29) is 37.0 Å². The molecule has 362 valence electrons. The Balaban J connectivity index is 5.78. The van der Waals surface area contributed by atoms with Crippen molar-refractivity contribution in [2.45, 2.75) is 157 Å². The van der Waals surface area contributed by atoms with Gasteiger partial charge < -0.3 is 58.5 Å². The number of carboxylic acid groups (broad SMARTS) is 1. The Labute approximate surface area is 377 Å². The molecule has 0 radical (unpaired) electrons. The molecule has 0 aliphatic rings. The zero-order valence-electron chi connectivity index (χ0n) is 39.2. The number of hydrogen-bond donors (Lipinski definition) is 11. The Morgan fingerprint density at radius 1 is 0.540 bits per heavy atom. The number of nitrogens with two attached hydrogens (primary N) is 1. The van der Waals surface area contributed by atoms with Crippen LogP contribution in [0.1, 0.15) is 108 Å². The van der Waals surface area contributed by atoms with Crippen molar-refractivity contribution >= 4 is 65.0 Å². The summed E-state index contributed by atoms with van der Waals surface area (Å²) in [7, 11) is 0. The summed E-state index contributed by atoms with van der Waals surface area (Å²) in [6, 6.07) is -7.99. The van der Waals surface area contributed by atoms with Crippen molar-refractivity contribution in [2.75, 3.05) is 25.1 Å². The van der Waals surface area contributed by atoms with Gasteiger partial charge in [-0.15, -0.1) is 0 Å². The molecule has 0 rings (SSSR count). The van der Waals surface area contributed by atoms with Crippen molar-refractivity contribution in [3.63, 3.8) is 0 Å². The summed E-state index contributed by atoms with van der Waals surface area (Å²) < 4.78 is 0. The predicted molar refractivity (Wildman–Crippen MR) is 241 cm³/mol. The largest absolute Gasteiger partial charge is 0.480 e. The lowest BCUT2D eigenvalue weighted by Gasteiger charge is -2.27. The van der Waals surface area contributed by atoms with Gasteiger partial charge in [0, 0.05) is 0 Å². The first kappa shape index (κ1) is 58.5. The number of carboxylic acids is 1. The van der Waals surface area contributed by atoms with Gasteiger partial charge in [0.2, 0.25) is 47.3 Å². The number of amides is 8.